The Bertz CT molecular complexity index is 994. The molecule has 1 N–H and O–H groups in total. The van der Waals surface area contributed by atoms with E-state index in [1.165, 1.54) is 22.5 Å². The monoisotopic (exact) mass is 425 g/mol. The number of anilines is 2. The Morgan fingerprint density at radius 1 is 1.25 bits per heavy atom. The van der Waals surface area contributed by atoms with Gasteiger partial charge in [0.1, 0.15) is 0 Å². The van der Waals surface area contributed by atoms with Gasteiger partial charge in [0.15, 0.2) is 0 Å². The van der Waals surface area contributed by atoms with Gasteiger partial charge in [0.2, 0.25) is 15.9 Å². The lowest BCUT2D eigenvalue weighted by Gasteiger charge is -2.22. The minimum Gasteiger partial charge on any atom is -0.326 e. The van der Waals surface area contributed by atoms with Gasteiger partial charge in [-0.15, -0.1) is 0 Å². The maximum Gasteiger partial charge on any atom is 0.274 e. The van der Waals surface area contributed by atoms with Crippen LogP contribution in [0.25, 0.3) is 0 Å². The van der Waals surface area contributed by atoms with Gasteiger partial charge in [-0.1, -0.05) is 23.7 Å². The molecule has 2 rings (SSSR count). The van der Waals surface area contributed by atoms with Crippen molar-refractivity contribution in [3.8, 4) is 0 Å². The van der Waals surface area contributed by atoms with Gasteiger partial charge >= 0.3 is 0 Å². The van der Waals surface area contributed by atoms with Crippen LogP contribution in [0.5, 0.6) is 0 Å². The summed E-state index contributed by atoms with van der Waals surface area (Å²) < 4.78 is 25.3. The molecule has 2 aromatic carbocycles. The molecule has 0 unspecified atom stereocenters. The van der Waals surface area contributed by atoms with Gasteiger partial charge in [0.25, 0.3) is 5.69 Å². The predicted octanol–water partition coefficient (Wildman–Crippen LogP) is 3.74. The standard InChI is InChI=1S/C18H20ClN3O5S/c1-13-16(8-4-9-17(13)22(24)25)20-18(23)10-5-11-21(28(2,26)27)15-7-3-6-14(19)12-15/h3-4,6-9,12H,5,10-11H2,1-2H3,(H,20,23). The number of amides is 1. The van der Waals surface area contributed by atoms with Crippen molar-refractivity contribution in [2.75, 3.05) is 22.4 Å². The molecule has 0 aromatic heterocycles. The molecule has 28 heavy (non-hydrogen) atoms. The molecule has 2 aromatic rings. The molecule has 0 bridgehead atoms. The molecule has 1 amide bonds. The van der Waals surface area contributed by atoms with Crippen LogP contribution in [0.4, 0.5) is 17.1 Å². The highest BCUT2D eigenvalue weighted by Gasteiger charge is 2.19. The molecule has 0 spiro atoms. The topological polar surface area (TPSA) is 110 Å². The summed E-state index contributed by atoms with van der Waals surface area (Å²) in [7, 11) is -3.55. The second-order valence-electron chi connectivity index (χ2n) is 6.17. The van der Waals surface area contributed by atoms with Gasteiger partial charge < -0.3 is 5.32 Å². The maximum atomic E-state index is 12.2. The van der Waals surface area contributed by atoms with Crippen LogP contribution in [0.1, 0.15) is 18.4 Å². The molecule has 0 radical (unpaired) electrons. The largest absolute Gasteiger partial charge is 0.326 e. The zero-order valence-electron chi connectivity index (χ0n) is 15.4. The summed E-state index contributed by atoms with van der Waals surface area (Å²) in [5, 5.41) is 14.0. The fourth-order valence-corrected chi connectivity index (χ4v) is 3.81. The second kappa shape index (κ2) is 9.03. The molecule has 0 atom stereocenters. The molecule has 0 heterocycles. The summed E-state index contributed by atoms with van der Waals surface area (Å²) >= 11 is 5.93. The molecule has 0 saturated heterocycles. The summed E-state index contributed by atoms with van der Waals surface area (Å²) in [5.74, 6) is -0.358. The second-order valence-corrected chi connectivity index (χ2v) is 8.52. The third-order valence-corrected chi connectivity index (χ3v) is 5.47. The van der Waals surface area contributed by atoms with Crippen molar-refractivity contribution in [3.05, 3.63) is 63.2 Å². The minimum atomic E-state index is -3.55. The van der Waals surface area contributed by atoms with Crippen LogP contribution in [-0.2, 0) is 14.8 Å². The van der Waals surface area contributed by atoms with Crippen molar-refractivity contribution in [2.24, 2.45) is 0 Å². The number of sulfonamides is 1. The van der Waals surface area contributed by atoms with Crippen LogP contribution in [0, 0.1) is 17.0 Å². The van der Waals surface area contributed by atoms with Crippen molar-refractivity contribution in [1.82, 2.24) is 0 Å². The number of rotatable bonds is 8. The Hall–Kier alpha value is -2.65. The first-order valence-electron chi connectivity index (χ1n) is 8.36. The lowest BCUT2D eigenvalue weighted by atomic mass is 10.1. The number of hydrogen-bond donors (Lipinski definition) is 1. The van der Waals surface area contributed by atoms with Crippen molar-refractivity contribution in [3.63, 3.8) is 0 Å². The first-order chi connectivity index (χ1) is 13.1. The summed E-state index contributed by atoms with van der Waals surface area (Å²) in [5.41, 5.74) is 1.05. The van der Waals surface area contributed by atoms with Gasteiger partial charge in [-0.2, -0.15) is 0 Å². The smallest absolute Gasteiger partial charge is 0.274 e. The molecule has 0 aliphatic carbocycles. The number of nitrogens with one attached hydrogen (secondary N) is 1. The Labute approximate surface area is 168 Å². The number of carbonyl (C=O) groups is 1. The van der Waals surface area contributed by atoms with Crippen LogP contribution < -0.4 is 9.62 Å². The van der Waals surface area contributed by atoms with Crippen LogP contribution in [0.15, 0.2) is 42.5 Å². The lowest BCUT2D eigenvalue weighted by molar-refractivity contribution is -0.385. The Morgan fingerprint density at radius 3 is 2.54 bits per heavy atom. The molecular formula is C18H20ClN3O5S. The molecule has 150 valence electrons. The van der Waals surface area contributed by atoms with Gasteiger partial charge in [-0.3, -0.25) is 19.2 Å². The third-order valence-electron chi connectivity index (χ3n) is 4.04. The van der Waals surface area contributed by atoms with Crippen molar-refractivity contribution < 1.29 is 18.1 Å². The zero-order valence-corrected chi connectivity index (χ0v) is 17.0. The van der Waals surface area contributed by atoms with Crippen LogP contribution >= 0.6 is 11.6 Å². The van der Waals surface area contributed by atoms with E-state index in [4.69, 9.17) is 11.6 Å². The number of carbonyl (C=O) groups excluding carboxylic acids is 1. The molecule has 0 aliphatic rings. The van der Waals surface area contributed by atoms with E-state index in [0.29, 0.717) is 22.0 Å². The predicted molar refractivity (Wildman–Crippen MR) is 109 cm³/mol. The SMILES string of the molecule is Cc1c(NC(=O)CCCN(c2cccc(Cl)c2)S(C)(=O)=O)cccc1[N+](=O)[O-]. The minimum absolute atomic E-state index is 0.0503. The quantitative estimate of drug-likeness (QED) is 0.511. The number of nitro groups is 1. The van der Waals surface area contributed by atoms with E-state index in [-0.39, 0.29) is 31.0 Å². The van der Waals surface area contributed by atoms with E-state index in [2.05, 4.69) is 5.32 Å². The van der Waals surface area contributed by atoms with Gasteiger partial charge in [-0.25, -0.2) is 8.42 Å². The molecule has 0 aliphatic heterocycles. The highest BCUT2D eigenvalue weighted by molar-refractivity contribution is 7.92. The fourth-order valence-electron chi connectivity index (χ4n) is 2.67. The van der Waals surface area contributed by atoms with Gasteiger partial charge in [0, 0.05) is 24.1 Å². The van der Waals surface area contributed by atoms with Gasteiger partial charge in [0.05, 0.1) is 28.1 Å². The number of halogens is 1. The van der Waals surface area contributed by atoms with E-state index in [0.717, 1.165) is 6.26 Å². The fraction of sp³-hybridized carbons (Fsp3) is 0.278. The Kier molecular flexibility index (Phi) is 6.98. The van der Waals surface area contributed by atoms with E-state index in [1.807, 2.05) is 0 Å². The summed E-state index contributed by atoms with van der Waals surface area (Å²) in [6.45, 7) is 1.65. The third kappa shape index (κ3) is 5.67. The number of nitrogens with zero attached hydrogens (tertiary/aromatic N) is 2. The number of nitro benzene ring substituents is 1. The maximum absolute atomic E-state index is 12.2. The molecule has 0 saturated carbocycles. The van der Waals surface area contributed by atoms with Crippen molar-refractivity contribution in [1.29, 1.82) is 0 Å². The highest BCUT2D eigenvalue weighted by atomic mass is 35.5. The van der Waals surface area contributed by atoms with E-state index >= 15 is 0 Å². The molecular weight excluding hydrogens is 406 g/mol. The average Bonchev–Trinajstić information content (AvgIpc) is 2.59. The van der Waals surface area contributed by atoms with Crippen LogP contribution in [-0.4, -0.2) is 32.0 Å². The van der Waals surface area contributed by atoms with E-state index in [9.17, 15) is 23.3 Å². The lowest BCUT2D eigenvalue weighted by Crippen LogP contribution is -2.31. The molecule has 8 nitrogen and oxygen atoms in total. The number of benzene rings is 2. The Balaban J connectivity index is 2.02. The van der Waals surface area contributed by atoms with Crippen LogP contribution in [0.3, 0.4) is 0 Å². The van der Waals surface area contributed by atoms with Crippen molar-refractivity contribution >= 4 is 44.6 Å². The van der Waals surface area contributed by atoms with E-state index < -0.39 is 14.9 Å². The van der Waals surface area contributed by atoms with Gasteiger partial charge in [-0.05, 0) is 37.6 Å². The summed E-state index contributed by atoms with van der Waals surface area (Å²) in [6, 6.07) is 10.9. The first kappa shape index (κ1) is 21.6. The normalized spacial score (nSPS) is 11.1. The average molecular weight is 426 g/mol. The molecule has 0 fully saturated rings. The van der Waals surface area contributed by atoms with Crippen molar-refractivity contribution in [2.45, 2.75) is 19.8 Å². The summed E-state index contributed by atoms with van der Waals surface area (Å²) in [4.78, 5) is 22.7. The molecule has 10 heteroatoms. The Morgan fingerprint density at radius 2 is 1.93 bits per heavy atom. The number of hydrogen-bond acceptors (Lipinski definition) is 5. The van der Waals surface area contributed by atoms with Crippen LogP contribution in [0.2, 0.25) is 5.02 Å². The van der Waals surface area contributed by atoms with E-state index in [1.54, 1.807) is 31.2 Å². The first-order valence-corrected chi connectivity index (χ1v) is 10.6. The highest BCUT2D eigenvalue weighted by Crippen LogP contribution is 2.25. The zero-order chi connectivity index (χ0) is 20.9. The summed E-state index contributed by atoms with van der Waals surface area (Å²) in [6.07, 6.45) is 1.40.